The van der Waals surface area contributed by atoms with Gasteiger partial charge in [-0.15, -0.1) is 0 Å². The average molecular weight is 436 g/mol. The molecule has 1 heterocycles. The first-order chi connectivity index (χ1) is 14.2. The van der Waals surface area contributed by atoms with E-state index >= 15 is 0 Å². The first kappa shape index (κ1) is 21.4. The predicted octanol–water partition coefficient (Wildman–Crippen LogP) is 4.22. The molecule has 1 aliphatic rings. The van der Waals surface area contributed by atoms with Crippen LogP contribution < -0.4 is 15.4 Å². The van der Waals surface area contributed by atoms with Crippen LogP contribution in [-0.4, -0.2) is 24.2 Å². The van der Waals surface area contributed by atoms with Crippen LogP contribution in [0.1, 0.15) is 16.7 Å². The molecule has 10 heteroatoms. The van der Waals surface area contributed by atoms with E-state index in [1.54, 1.807) is 18.2 Å². The summed E-state index contributed by atoms with van der Waals surface area (Å²) in [7, 11) is 1.41. The molecule has 3 amide bonds. The summed E-state index contributed by atoms with van der Waals surface area (Å²) in [5.74, 6) is -0.604. The minimum absolute atomic E-state index is 0.140. The van der Waals surface area contributed by atoms with Crippen LogP contribution in [0, 0.1) is 0 Å². The zero-order valence-corrected chi connectivity index (χ0v) is 16.3. The van der Waals surface area contributed by atoms with Crippen LogP contribution in [0.3, 0.4) is 0 Å². The molecule has 1 fully saturated rings. The highest BCUT2D eigenvalue weighted by Gasteiger charge is 2.30. The summed E-state index contributed by atoms with van der Waals surface area (Å²) in [4.78, 5) is 35.5. The second kappa shape index (κ2) is 8.62. The molecule has 1 aliphatic heterocycles. The highest BCUT2D eigenvalue weighted by atomic mass is 32.2. The van der Waals surface area contributed by atoms with Gasteiger partial charge in [-0.25, -0.2) is 0 Å². The zero-order valence-electron chi connectivity index (χ0n) is 15.5. The lowest BCUT2D eigenvalue weighted by molar-refractivity contribution is -0.137. The fraction of sp³-hybridized carbons (Fsp3) is 0.150. The predicted molar refractivity (Wildman–Crippen MR) is 106 cm³/mol. The normalized spacial score (nSPS) is 15.3. The Morgan fingerprint density at radius 3 is 2.43 bits per heavy atom. The summed E-state index contributed by atoms with van der Waals surface area (Å²) in [5.41, 5.74) is 0.489. The van der Waals surface area contributed by atoms with Gasteiger partial charge in [-0.1, -0.05) is 18.2 Å². The van der Waals surface area contributed by atoms with Gasteiger partial charge in [0.1, 0.15) is 5.75 Å². The number of methoxy groups -OCH3 is 1. The lowest BCUT2D eigenvalue weighted by Crippen LogP contribution is -2.17. The second-order valence-electron chi connectivity index (χ2n) is 6.23. The fourth-order valence-corrected chi connectivity index (χ4v) is 3.36. The van der Waals surface area contributed by atoms with Gasteiger partial charge in [0.05, 0.1) is 29.7 Å². The highest BCUT2D eigenvalue weighted by molar-refractivity contribution is 8.18. The number of anilines is 1. The van der Waals surface area contributed by atoms with Gasteiger partial charge in [0.15, 0.2) is 0 Å². The minimum Gasteiger partial charge on any atom is -0.495 e. The standard InChI is InChI=1S/C20H15F3N2O4S/c1-29-15-7-4-12(9-16-18(27)25-19(28)30-16)8-14(15)24-17(26)10-11-2-5-13(6-3-11)20(21,22)23/h2-9H,10H2,1H3,(H,24,26)(H,25,27,28)/b16-9+. The molecule has 30 heavy (non-hydrogen) atoms. The summed E-state index contributed by atoms with van der Waals surface area (Å²) in [6, 6.07) is 9.12. The topological polar surface area (TPSA) is 84.5 Å². The maximum absolute atomic E-state index is 12.6. The third-order valence-corrected chi connectivity index (χ3v) is 4.89. The summed E-state index contributed by atoms with van der Waals surface area (Å²) in [6.07, 6.45) is -3.09. The maximum Gasteiger partial charge on any atom is 0.416 e. The molecule has 0 unspecified atom stereocenters. The molecule has 0 saturated carbocycles. The van der Waals surface area contributed by atoms with Gasteiger partial charge in [-0.3, -0.25) is 19.7 Å². The maximum atomic E-state index is 12.6. The van der Waals surface area contributed by atoms with E-state index in [2.05, 4.69) is 10.6 Å². The van der Waals surface area contributed by atoms with Crippen molar-refractivity contribution in [2.45, 2.75) is 12.6 Å². The number of nitrogens with one attached hydrogen (secondary N) is 2. The molecule has 0 aromatic heterocycles. The molecule has 2 N–H and O–H groups in total. The number of ether oxygens (including phenoxy) is 1. The molecule has 6 nitrogen and oxygen atoms in total. The average Bonchev–Trinajstić information content (AvgIpc) is 2.98. The number of rotatable bonds is 5. The van der Waals surface area contributed by atoms with Crippen LogP contribution in [0.4, 0.5) is 23.7 Å². The molecule has 0 aliphatic carbocycles. The van der Waals surface area contributed by atoms with E-state index in [4.69, 9.17) is 4.74 Å². The number of imide groups is 1. The van der Waals surface area contributed by atoms with Crippen molar-refractivity contribution in [2.75, 3.05) is 12.4 Å². The molecular weight excluding hydrogens is 421 g/mol. The Morgan fingerprint density at radius 2 is 1.87 bits per heavy atom. The number of carbonyl (C=O) groups is 3. The Bertz CT molecular complexity index is 1030. The van der Waals surface area contributed by atoms with Crippen LogP contribution in [0.15, 0.2) is 47.4 Å². The van der Waals surface area contributed by atoms with Gasteiger partial charge in [0, 0.05) is 0 Å². The molecule has 3 rings (SSSR count). The van der Waals surface area contributed by atoms with E-state index in [-0.39, 0.29) is 11.3 Å². The highest BCUT2D eigenvalue weighted by Crippen LogP contribution is 2.31. The van der Waals surface area contributed by atoms with Crippen molar-refractivity contribution < 1.29 is 32.3 Å². The third kappa shape index (κ3) is 5.20. The molecule has 2 aromatic carbocycles. The Morgan fingerprint density at radius 1 is 1.17 bits per heavy atom. The second-order valence-corrected chi connectivity index (χ2v) is 7.25. The Balaban J connectivity index is 1.75. The number of hydrogen-bond acceptors (Lipinski definition) is 5. The van der Waals surface area contributed by atoms with Gasteiger partial charge >= 0.3 is 6.18 Å². The summed E-state index contributed by atoms with van der Waals surface area (Å²) in [5, 5.41) is 4.33. The van der Waals surface area contributed by atoms with Crippen LogP contribution in [0.5, 0.6) is 5.75 Å². The van der Waals surface area contributed by atoms with Crippen molar-refractivity contribution in [3.63, 3.8) is 0 Å². The van der Waals surface area contributed by atoms with Crippen LogP contribution >= 0.6 is 11.8 Å². The van der Waals surface area contributed by atoms with Crippen molar-refractivity contribution >= 4 is 40.6 Å². The number of benzene rings is 2. The number of hydrogen-bond donors (Lipinski definition) is 2. The SMILES string of the molecule is COc1ccc(/C=C2/SC(=O)NC2=O)cc1NC(=O)Cc1ccc(C(F)(F)F)cc1. The first-order valence-corrected chi connectivity index (χ1v) is 9.36. The van der Waals surface area contributed by atoms with Crippen molar-refractivity contribution in [1.29, 1.82) is 0 Å². The van der Waals surface area contributed by atoms with Crippen LogP contribution in [-0.2, 0) is 22.2 Å². The number of carbonyl (C=O) groups excluding carboxylic acids is 3. The van der Waals surface area contributed by atoms with E-state index in [0.29, 0.717) is 22.6 Å². The van der Waals surface area contributed by atoms with Gasteiger partial charge in [0.25, 0.3) is 11.1 Å². The molecule has 2 aromatic rings. The van der Waals surface area contributed by atoms with E-state index < -0.39 is 28.8 Å². The number of thioether (sulfide) groups is 1. The number of halogens is 3. The Kier molecular flexibility index (Phi) is 6.16. The molecule has 0 radical (unpaired) electrons. The fourth-order valence-electron chi connectivity index (χ4n) is 2.68. The minimum atomic E-state index is -4.44. The number of amides is 3. The summed E-state index contributed by atoms with van der Waals surface area (Å²) >= 11 is 0.766. The molecule has 1 saturated heterocycles. The van der Waals surface area contributed by atoms with Crippen molar-refractivity contribution in [2.24, 2.45) is 0 Å². The Labute approximate surface area is 173 Å². The van der Waals surface area contributed by atoms with E-state index in [1.165, 1.54) is 25.3 Å². The third-order valence-electron chi connectivity index (χ3n) is 4.08. The van der Waals surface area contributed by atoms with Gasteiger partial charge in [-0.2, -0.15) is 13.2 Å². The molecular formula is C20H15F3N2O4S. The van der Waals surface area contributed by atoms with Crippen LogP contribution in [0.2, 0.25) is 0 Å². The molecule has 0 spiro atoms. The monoisotopic (exact) mass is 436 g/mol. The molecule has 0 bridgehead atoms. The quantitative estimate of drug-likeness (QED) is 0.686. The van der Waals surface area contributed by atoms with Crippen molar-refractivity contribution in [1.82, 2.24) is 5.32 Å². The molecule has 156 valence electrons. The van der Waals surface area contributed by atoms with Crippen molar-refractivity contribution in [3.8, 4) is 5.75 Å². The van der Waals surface area contributed by atoms with E-state index in [0.717, 1.165) is 23.9 Å². The lowest BCUT2D eigenvalue weighted by atomic mass is 10.1. The smallest absolute Gasteiger partial charge is 0.416 e. The van der Waals surface area contributed by atoms with Crippen LogP contribution in [0.25, 0.3) is 6.08 Å². The Hall–Kier alpha value is -3.27. The largest absolute Gasteiger partial charge is 0.495 e. The zero-order chi connectivity index (χ0) is 21.9. The lowest BCUT2D eigenvalue weighted by Gasteiger charge is -2.12. The number of alkyl halides is 3. The van der Waals surface area contributed by atoms with Gasteiger partial charge in [0.2, 0.25) is 5.91 Å². The van der Waals surface area contributed by atoms with E-state index in [9.17, 15) is 27.6 Å². The summed E-state index contributed by atoms with van der Waals surface area (Å²) < 4.78 is 43.1. The van der Waals surface area contributed by atoms with Crippen molar-refractivity contribution in [3.05, 3.63) is 64.1 Å². The first-order valence-electron chi connectivity index (χ1n) is 8.54. The summed E-state index contributed by atoms with van der Waals surface area (Å²) in [6.45, 7) is 0. The van der Waals surface area contributed by atoms with Gasteiger partial charge in [-0.05, 0) is 53.2 Å². The van der Waals surface area contributed by atoms with E-state index in [1.807, 2.05) is 0 Å². The van der Waals surface area contributed by atoms with Gasteiger partial charge < -0.3 is 10.1 Å². The molecule has 0 atom stereocenters.